The van der Waals surface area contributed by atoms with Gasteiger partial charge in [-0.2, -0.15) is 11.8 Å². The second-order valence-corrected chi connectivity index (χ2v) is 5.04. The quantitative estimate of drug-likeness (QED) is 0.786. The molecule has 1 aromatic rings. The normalized spacial score (nSPS) is 12.4. The van der Waals surface area contributed by atoms with Crippen molar-refractivity contribution in [2.75, 3.05) is 19.1 Å². The van der Waals surface area contributed by atoms with Gasteiger partial charge in [0.1, 0.15) is 11.5 Å². The summed E-state index contributed by atoms with van der Waals surface area (Å²) in [5, 5.41) is 13.2. The van der Waals surface area contributed by atoms with Crippen LogP contribution in [0.25, 0.3) is 0 Å². The summed E-state index contributed by atoms with van der Waals surface area (Å²) < 4.78 is 5.05. The Morgan fingerprint density at radius 3 is 2.82 bits per heavy atom. The van der Waals surface area contributed by atoms with Crippen LogP contribution in [0, 0.1) is 0 Å². The number of benzene rings is 1. The summed E-state index contributed by atoms with van der Waals surface area (Å²) in [6, 6.07) is 5.86. The Morgan fingerprint density at radius 1 is 1.47 bits per heavy atom. The van der Waals surface area contributed by atoms with Gasteiger partial charge < -0.3 is 15.2 Å². The Bertz CT molecular complexity index is 344. The van der Waals surface area contributed by atoms with Crippen LogP contribution >= 0.6 is 11.8 Å². The lowest BCUT2D eigenvalue weighted by Gasteiger charge is -2.14. The Balaban J connectivity index is 2.46. The van der Waals surface area contributed by atoms with Crippen molar-refractivity contribution in [2.24, 2.45) is 0 Å². The van der Waals surface area contributed by atoms with Crippen LogP contribution in [0.2, 0.25) is 0 Å². The number of thioether (sulfide) groups is 1. The topological polar surface area (TPSA) is 41.5 Å². The third kappa shape index (κ3) is 4.88. The van der Waals surface area contributed by atoms with E-state index in [1.807, 2.05) is 23.9 Å². The van der Waals surface area contributed by atoms with Crippen LogP contribution < -0.4 is 10.1 Å². The minimum Gasteiger partial charge on any atom is -0.507 e. The minimum absolute atomic E-state index is 0.286. The fourth-order valence-corrected chi connectivity index (χ4v) is 2.09. The molecular weight excluding hydrogens is 234 g/mol. The lowest BCUT2D eigenvalue weighted by atomic mass is 10.1. The maximum Gasteiger partial charge on any atom is 0.123 e. The molecule has 1 atom stereocenters. The Morgan fingerprint density at radius 2 is 2.24 bits per heavy atom. The van der Waals surface area contributed by atoms with Gasteiger partial charge in [-0.3, -0.25) is 0 Å². The van der Waals surface area contributed by atoms with Crippen LogP contribution in [-0.2, 0) is 6.54 Å². The highest BCUT2D eigenvalue weighted by Crippen LogP contribution is 2.23. The maximum absolute atomic E-state index is 9.79. The molecule has 3 nitrogen and oxygen atoms in total. The summed E-state index contributed by atoms with van der Waals surface area (Å²) >= 11 is 1.85. The molecule has 0 saturated carbocycles. The molecule has 4 heteroatoms. The molecule has 0 aliphatic heterocycles. The molecule has 1 aromatic carbocycles. The average Bonchev–Trinajstić information content (AvgIpc) is 2.34. The fourth-order valence-electron chi connectivity index (χ4n) is 1.50. The predicted octanol–water partition coefficient (Wildman–Crippen LogP) is 2.63. The van der Waals surface area contributed by atoms with Crippen LogP contribution in [0.4, 0.5) is 0 Å². The predicted molar refractivity (Wildman–Crippen MR) is 74.0 cm³/mol. The van der Waals surface area contributed by atoms with Gasteiger partial charge in [0.15, 0.2) is 0 Å². The van der Waals surface area contributed by atoms with Gasteiger partial charge in [0.05, 0.1) is 7.11 Å². The van der Waals surface area contributed by atoms with Crippen molar-refractivity contribution >= 4 is 11.8 Å². The van der Waals surface area contributed by atoms with E-state index in [9.17, 15) is 5.11 Å². The van der Waals surface area contributed by atoms with Crippen molar-refractivity contribution in [3.05, 3.63) is 23.8 Å². The van der Waals surface area contributed by atoms with Crippen LogP contribution in [0.1, 0.15) is 18.9 Å². The van der Waals surface area contributed by atoms with Gasteiger partial charge in [0, 0.05) is 24.2 Å². The zero-order valence-corrected chi connectivity index (χ0v) is 11.5. The number of ether oxygens (including phenoxy) is 1. The Hall–Kier alpha value is -0.870. The molecule has 1 rings (SSSR count). The molecule has 0 fully saturated rings. The second kappa shape index (κ2) is 7.45. The van der Waals surface area contributed by atoms with Crippen LogP contribution in [0.5, 0.6) is 11.5 Å². The first kappa shape index (κ1) is 14.2. The second-order valence-electron chi connectivity index (χ2n) is 4.06. The van der Waals surface area contributed by atoms with E-state index in [4.69, 9.17) is 4.74 Å². The number of hydrogen-bond donors (Lipinski definition) is 2. The van der Waals surface area contributed by atoms with Gasteiger partial charge in [-0.1, -0.05) is 6.07 Å². The zero-order chi connectivity index (χ0) is 12.7. The minimum atomic E-state index is 0.286. The number of nitrogens with one attached hydrogen (secondary N) is 1. The Kier molecular flexibility index (Phi) is 6.22. The third-order valence-electron chi connectivity index (χ3n) is 2.69. The summed E-state index contributed by atoms with van der Waals surface area (Å²) in [5.41, 5.74) is 0.904. The van der Waals surface area contributed by atoms with Crippen LogP contribution in [-0.4, -0.2) is 30.3 Å². The lowest BCUT2D eigenvalue weighted by Crippen LogP contribution is -2.25. The van der Waals surface area contributed by atoms with Gasteiger partial charge in [-0.25, -0.2) is 0 Å². The molecule has 0 heterocycles. The van der Waals surface area contributed by atoms with E-state index in [1.54, 1.807) is 13.2 Å². The van der Waals surface area contributed by atoms with Crippen molar-refractivity contribution in [3.63, 3.8) is 0 Å². The highest BCUT2D eigenvalue weighted by atomic mass is 32.2. The molecule has 2 N–H and O–H groups in total. The monoisotopic (exact) mass is 255 g/mol. The van der Waals surface area contributed by atoms with E-state index < -0.39 is 0 Å². The standard InChI is InChI=1S/C13H21NO2S/c1-10(6-7-17-3)14-9-11-4-5-12(16-2)8-13(11)15/h4-5,8,10,14-15H,6-7,9H2,1-3H3. The molecule has 0 aromatic heterocycles. The lowest BCUT2D eigenvalue weighted by molar-refractivity contribution is 0.405. The number of rotatable bonds is 7. The van der Waals surface area contributed by atoms with Gasteiger partial charge >= 0.3 is 0 Å². The van der Waals surface area contributed by atoms with Crippen LogP contribution in [0.3, 0.4) is 0 Å². The van der Waals surface area contributed by atoms with Crippen molar-refractivity contribution < 1.29 is 9.84 Å². The first-order valence-electron chi connectivity index (χ1n) is 5.75. The molecular formula is C13H21NO2S. The number of phenolic OH excluding ortho intramolecular Hbond substituents is 1. The van der Waals surface area contributed by atoms with Gasteiger partial charge in [-0.15, -0.1) is 0 Å². The zero-order valence-electron chi connectivity index (χ0n) is 10.7. The molecule has 17 heavy (non-hydrogen) atoms. The first-order chi connectivity index (χ1) is 8.17. The molecule has 1 unspecified atom stereocenters. The Labute approximate surface area is 108 Å². The summed E-state index contributed by atoms with van der Waals surface area (Å²) in [6.07, 6.45) is 3.25. The number of phenols is 1. The van der Waals surface area contributed by atoms with E-state index in [1.165, 1.54) is 0 Å². The highest BCUT2D eigenvalue weighted by Gasteiger charge is 2.05. The SMILES string of the molecule is COc1ccc(CNC(C)CCSC)c(O)c1. The summed E-state index contributed by atoms with van der Waals surface area (Å²) in [4.78, 5) is 0. The summed E-state index contributed by atoms with van der Waals surface area (Å²) in [6.45, 7) is 2.85. The maximum atomic E-state index is 9.79. The van der Waals surface area contributed by atoms with Gasteiger partial charge in [0.2, 0.25) is 0 Å². The average molecular weight is 255 g/mol. The molecule has 0 amide bonds. The van der Waals surface area contributed by atoms with E-state index in [-0.39, 0.29) is 5.75 Å². The van der Waals surface area contributed by atoms with E-state index in [2.05, 4.69) is 18.5 Å². The van der Waals surface area contributed by atoms with E-state index in [0.717, 1.165) is 17.7 Å². The number of methoxy groups -OCH3 is 1. The fraction of sp³-hybridized carbons (Fsp3) is 0.538. The molecule has 0 radical (unpaired) electrons. The van der Waals surface area contributed by atoms with Crippen LogP contribution in [0.15, 0.2) is 18.2 Å². The van der Waals surface area contributed by atoms with Crippen molar-refractivity contribution in [3.8, 4) is 11.5 Å². The van der Waals surface area contributed by atoms with Gasteiger partial charge in [-0.05, 0) is 31.4 Å². The molecule has 0 aliphatic carbocycles. The number of aromatic hydroxyl groups is 1. The van der Waals surface area contributed by atoms with Crippen molar-refractivity contribution in [1.82, 2.24) is 5.32 Å². The smallest absolute Gasteiger partial charge is 0.123 e. The third-order valence-corrected chi connectivity index (χ3v) is 3.33. The van der Waals surface area contributed by atoms with Crippen molar-refractivity contribution in [2.45, 2.75) is 25.9 Å². The van der Waals surface area contributed by atoms with Gasteiger partial charge in [0.25, 0.3) is 0 Å². The first-order valence-corrected chi connectivity index (χ1v) is 7.15. The molecule has 0 bridgehead atoms. The molecule has 0 saturated heterocycles. The molecule has 0 spiro atoms. The molecule has 0 aliphatic rings. The van der Waals surface area contributed by atoms with E-state index >= 15 is 0 Å². The molecule has 96 valence electrons. The summed E-state index contributed by atoms with van der Waals surface area (Å²) in [5.74, 6) is 2.12. The van der Waals surface area contributed by atoms with E-state index in [0.29, 0.717) is 18.3 Å². The highest BCUT2D eigenvalue weighted by molar-refractivity contribution is 7.98. The largest absolute Gasteiger partial charge is 0.507 e. The van der Waals surface area contributed by atoms with Crippen molar-refractivity contribution in [1.29, 1.82) is 0 Å². The summed E-state index contributed by atoms with van der Waals surface area (Å²) in [7, 11) is 1.59. The number of hydrogen-bond acceptors (Lipinski definition) is 4.